The molecule has 0 unspecified atom stereocenters. The molecule has 0 aliphatic carbocycles. The van der Waals surface area contributed by atoms with Crippen LogP contribution in [0.2, 0.25) is 0 Å². The summed E-state index contributed by atoms with van der Waals surface area (Å²) in [6.45, 7) is -2.27. The Morgan fingerprint density at radius 2 is 1.74 bits per heavy atom. The highest BCUT2D eigenvalue weighted by molar-refractivity contribution is 5.88. The lowest BCUT2D eigenvalue weighted by atomic mass is 9.98. The van der Waals surface area contributed by atoms with Gasteiger partial charge < -0.3 is 74.1 Å². The molecule has 43 heavy (non-hydrogen) atoms. The van der Waals surface area contributed by atoms with Crippen molar-refractivity contribution >= 4 is 11.0 Å². The molecule has 3 aromatic rings. The third-order valence-electron chi connectivity index (χ3n) is 7.29. The van der Waals surface area contributed by atoms with E-state index in [4.69, 9.17) is 28.1 Å². The Bertz CT molecular complexity index is 1540. The maximum Gasteiger partial charge on any atom is 0.239 e. The van der Waals surface area contributed by atoms with E-state index in [9.17, 15) is 50.8 Å². The fourth-order valence-electron chi connectivity index (χ4n) is 4.86. The molecule has 2 aliphatic rings. The van der Waals surface area contributed by atoms with Crippen molar-refractivity contribution in [2.24, 2.45) is 0 Å². The summed E-state index contributed by atoms with van der Waals surface area (Å²) >= 11 is 0. The van der Waals surface area contributed by atoms with Gasteiger partial charge in [0, 0.05) is 17.7 Å². The minimum atomic E-state index is -2.11. The first kappa shape index (κ1) is 30.7. The number of methoxy groups -OCH3 is 1. The standard InChI is InChI=1S/C27H30O16/c1-38-14-4-10(2-3-12(14)31)21-22(19(34)17-13(32)5-11(30)6-15(17)40-21)42-25-23(20(35)18(33)16(7-28)41-25)43-26-24(36)27(37,8-29)9-39-26/h2-6,16,18,20,23-26,28-33,35-37H,7-9H2,1H3/t16-,18+,20-,23+,24+,25-,26-,27+/m0/s1. The van der Waals surface area contributed by atoms with Gasteiger partial charge in [-0.25, -0.2) is 0 Å². The predicted octanol–water partition coefficient (Wildman–Crippen LogP) is -1.77. The summed E-state index contributed by atoms with van der Waals surface area (Å²) in [7, 11) is 1.28. The molecule has 8 atom stereocenters. The zero-order valence-electron chi connectivity index (χ0n) is 22.4. The normalized spacial score (nSPS) is 30.9. The molecule has 0 bridgehead atoms. The second-order valence-electron chi connectivity index (χ2n) is 10.1. The molecule has 5 rings (SSSR count). The van der Waals surface area contributed by atoms with Crippen LogP contribution in [0.4, 0.5) is 0 Å². The van der Waals surface area contributed by atoms with Crippen LogP contribution in [0.3, 0.4) is 0 Å². The monoisotopic (exact) mass is 610 g/mol. The minimum Gasteiger partial charge on any atom is -0.508 e. The van der Waals surface area contributed by atoms with Crippen molar-refractivity contribution < 1.29 is 74.1 Å². The maximum absolute atomic E-state index is 13.8. The molecule has 9 N–H and O–H groups in total. The predicted molar refractivity (Wildman–Crippen MR) is 141 cm³/mol. The van der Waals surface area contributed by atoms with E-state index in [1.807, 2.05) is 0 Å². The van der Waals surface area contributed by atoms with E-state index in [-0.39, 0.29) is 28.4 Å². The molecule has 1 aromatic heterocycles. The van der Waals surface area contributed by atoms with Gasteiger partial charge in [-0.15, -0.1) is 0 Å². The van der Waals surface area contributed by atoms with Gasteiger partial charge in [-0.1, -0.05) is 0 Å². The van der Waals surface area contributed by atoms with Crippen LogP contribution < -0.4 is 14.9 Å². The first-order chi connectivity index (χ1) is 20.4. The number of aliphatic hydroxyl groups is 6. The lowest BCUT2D eigenvalue weighted by Crippen LogP contribution is -2.62. The highest BCUT2D eigenvalue weighted by atomic mass is 16.8. The number of hydrogen-bond acceptors (Lipinski definition) is 16. The molecule has 0 radical (unpaired) electrons. The molecule has 16 nitrogen and oxygen atoms in total. The molecule has 2 aliphatic heterocycles. The van der Waals surface area contributed by atoms with Gasteiger partial charge in [0.25, 0.3) is 0 Å². The lowest BCUT2D eigenvalue weighted by molar-refractivity contribution is -0.319. The summed E-state index contributed by atoms with van der Waals surface area (Å²) in [5.41, 5.74) is -3.26. The van der Waals surface area contributed by atoms with Crippen LogP contribution in [0.5, 0.6) is 28.7 Å². The Kier molecular flexibility index (Phi) is 8.41. The van der Waals surface area contributed by atoms with Crippen LogP contribution >= 0.6 is 0 Å². The maximum atomic E-state index is 13.8. The van der Waals surface area contributed by atoms with Gasteiger partial charge in [-0.3, -0.25) is 4.79 Å². The summed E-state index contributed by atoms with van der Waals surface area (Å²) in [6, 6.07) is 5.80. The Balaban J connectivity index is 1.63. The number of benzene rings is 2. The first-order valence-corrected chi connectivity index (χ1v) is 12.9. The van der Waals surface area contributed by atoms with Gasteiger partial charge in [0.1, 0.15) is 52.5 Å². The fraction of sp³-hybridized carbons (Fsp3) is 0.444. The van der Waals surface area contributed by atoms with Crippen LogP contribution in [0, 0.1) is 0 Å². The van der Waals surface area contributed by atoms with Crippen molar-refractivity contribution in [3.63, 3.8) is 0 Å². The van der Waals surface area contributed by atoms with Crippen molar-refractivity contribution in [1.82, 2.24) is 0 Å². The van der Waals surface area contributed by atoms with E-state index >= 15 is 0 Å². The highest BCUT2D eigenvalue weighted by Crippen LogP contribution is 2.40. The van der Waals surface area contributed by atoms with Gasteiger partial charge in [0.15, 0.2) is 29.7 Å². The van der Waals surface area contributed by atoms with E-state index in [0.717, 1.165) is 12.1 Å². The van der Waals surface area contributed by atoms with Crippen molar-refractivity contribution in [1.29, 1.82) is 0 Å². The number of rotatable bonds is 8. The average molecular weight is 611 g/mol. The molecular weight excluding hydrogens is 580 g/mol. The second-order valence-corrected chi connectivity index (χ2v) is 10.1. The Morgan fingerprint density at radius 3 is 2.40 bits per heavy atom. The van der Waals surface area contributed by atoms with E-state index in [2.05, 4.69) is 0 Å². The van der Waals surface area contributed by atoms with Crippen LogP contribution in [0.1, 0.15) is 0 Å². The summed E-state index contributed by atoms with van der Waals surface area (Å²) in [4.78, 5) is 13.8. The zero-order valence-corrected chi connectivity index (χ0v) is 22.4. The number of phenolic OH excluding ortho intramolecular Hbond substituents is 3. The van der Waals surface area contributed by atoms with Crippen molar-refractivity contribution in [3.05, 3.63) is 40.6 Å². The molecule has 0 spiro atoms. The molecule has 2 fully saturated rings. The molecular formula is C27H30O16. The van der Waals surface area contributed by atoms with Crippen molar-refractivity contribution in [3.8, 4) is 40.1 Å². The van der Waals surface area contributed by atoms with Crippen LogP contribution in [-0.4, -0.2) is 122 Å². The number of fused-ring (bicyclic) bond motifs is 1. The average Bonchev–Trinajstić information content (AvgIpc) is 3.26. The summed E-state index contributed by atoms with van der Waals surface area (Å²) in [6.07, 6.45) is -12.2. The molecule has 2 aromatic carbocycles. The van der Waals surface area contributed by atoms with Crippen molar-refractivity contribution in [2.75, 3.05) is 26.9 Å². The molecule has 234 valence electrons. The molecule has 0 amide bonds. The van der Waals surface area contributed by atoms with E-state index in [1.54, 1.807) is 0 Å². The SMILES string of the molecule is COc1cc(-c2oc3cc(O)cc(O)c3c(=O)c2O[C@@H]2O[C@@H](CO)[C@@H](O)[C@H](O)[C@H]2O[C@@H]2OC[C@](O)(CO)[C@@H]2O)ccc1O. The topological polar surface area (TPSA) is 258 Å². The lowest BCUT2D eigenvalue weighted by Gasteiger charge is -2.42. The summed E-state index contributed by atoms with van der Waals surface area (Å²) in [5, 5.41) is 91.6. The second kappa shape index (κ2) is 11.8. The number of aliphatic hydroxyl groups excluding tert-OH is 5. The highest BCUT2D eigenvalue weighted by Gasteiger charge is 2.53. The molecule has 0 saturated carbocycles. The van der Waals surface area contributed by atoms with Crippen LogP contribution in [0.15, 0.2) is 39.5 Å². The number of ether oxygens (including phenoxy) is 5. The van der Waals surface area contributed by atoms with Crippen LogP contribution in [0.25, 0.3) is 22.3 Å². The number of aromatic hydroxyl groups is 3. The van der Waals surface area contributed by atoms with Gasteiger partial charge in [0.05, 0.1) is 26.9 Å². The Hall–Kier alpha value is -3.71. The number of hydrogen-bond donors (Lipinski definition) is 9. The number of phenols is 3. The van der Waals surface area contributed by atoms with Crippen LogP contribution in [-0.2, 0) is 14.2 Å². The molecule has 2 saturated heterocycles. The fourth-order valence-corrected chi connectivity index (χ4v) is 4.86. The largest absolute Gasteiger partial charge is 0.508 e. The minimum absolute atomic E-state index is 0.0253. The molecule has 16 heteroatoms. The third kappa shape index (κ3) is 5.44. The van der Waals surface area contributed by atoms with E-state index in [1.165, 1.54) is 25.3 Å². The van der Waals surface area contributed by atoms with Gasteiger partial charge in [-0.05, 0) is 18.2 Å². The quantitative estimate of drug-likeness (QED) is 0.137. The third-order valence-corrected chi connectivity index (χ3v) is 7.29. The summed E-state index contributed by atoms with van der Waals surface area (Å²) in [5.74, 6) is -2.34. The van der Waals surface area contributed by atoms with Gasteiger partial charge >= 0.3 is 0 Å². The van der Waals surface area contributed by atoms with E-state index in [0.29, 0.717) is 0 Å². The zero-order chi connectivity index (χ0) is 31.2. The van der Waals surface area contributed by atoms with Crippen molar-refractivity contribution in [2.45, 2.75) is 48.7 Å². The first-order valence-electron chi connectivity index (χ1n) is 12.9. The van der Waals surface area contributed by atoms with Gasteiger partial charge in [0.2, 0.25) is 17.5 Å². The van der Waals surface area contributed by atoms with Gasteiger partial charge in [-0.2, -0.15) is 0 Å². The Morgan fingerprint density at radius 1 is 1.00 bits per heavy atom. The summed E-state index contributed by atoms with van der Waals surface area (Å²) < 4.78 is 33.4. The van der Waals surface area contributed by atoms with E-state index < -0.39 is 96.6 Å². The Labute approximate surface area is 241 Å². The molecule has 3 heterocycles. The smallest absolute Gasteiger partial charge is 0.239 e.